The Morgan fingerprint density at radius 3 is 2.71 bits per heavy atom. The van der Waals surface area contributed by atoms with Gasteiger partial charge in [-0.3, -0.25) is 0 Å². The average Bonchev–Trinajstić information content (AvgIpc) is 2.49. The van der Waals surface area contributed by atoms with Crippen LogP contribution < -0.4 is 10.1 Å². The van der Waals surface area contributed by atoms with Crippen molar-refractivity contribution in [2.45, 2.75) is 17.7 Å². The van der Waals surface area contributed by atoms with Crippen LogP contribution in [0.2, 0.25) is 0 Å². The van der Waals surface area contributed by atoms with Gasteiger partial charge in [-0.15, -0.1) is 4.83 Å². The highest BCUT2D eigenvalue weighted by Gasteiger charge is 2.22. The zero-order valence-electron chi connectivity index (χ0n) is 12.3. The Morgan fingerprint density at radius 2 is 1.95 bits per heavy atom. The van der Waals surface area contributed by atoms with Gasteiger partial charge in [0.25, 0.3) is 10.0 Å². The van der Waals surface area contributed by atoms with Gasteiger partial charge in [-0.25, -0.2) is 13.4 Å². The first-order valence-electron chi connectivity index (χ1n) is 7.37. The molecule has 0 spiro atoms. The van der Waals surface area contributed by atoms with Crippen LogP contribution in [0.15, 0.2) is 23.1 Å². The van der Waals surface area contributed by atoms with Gasteiger partial charge in [0.05, 0.1) is 4.90 Å². The minimum atomic E-state index is -3.49. The lowest BCUT2D eigenvalue weighted by molar-refractivity contribution is 0.135. The number of hydrogen-bond acceptors (Lipinski definition) is 5. The highest BCUT2D eigenvalue weighted by Crippen LogP contribution is 2.25. The Balaban J connectivity index is 1.75. The lowest BCUT2D eigenvalue weighted by Gasteiger charge is -2.32. The lowest BCUT2D eigenvalue weighted by Crippen LogP contribution is -2.52. The van der Waals surface area contributed by atoms with Crippen molar-refractivity contribution in [2.75, 3.05) is 45.1 Å². The molecule has 1 aromatic carbocycles. The summed E-state index contributed by atoms with van der Waals surface area (Å²) in [7, 11) is -1.45. The van der Waals surface area contributed by atoms with Crippen LogP contribution in [0.4, 0.5) is 5.69 Å². The highest BCUT2D eigenvalue weighted by molar-refractivity contribution is 7.89. The predicted octanol–water partition coefficient (Wildman–Crippen LogP) is 0.485. The van der Waals surface area contributed by atoms with Crippen LogP contribution in [0, 0.1) is 0 Å². The van der Waals surface area contributed by atoms with Crippen molar-refractivity contribution in [2.24, 2.45) is 0 Å². The maximum Gasteiger partial charge on any atom is 0.253 e. The number of sulfonamides is 1. The van der Waals surface area contributed by atoms with Gasteiger partial charge in [-0.05, 0) is 37.6 Å². The molecule has 0 bridgehead atoms. The molecule has 116 valence electrons. The molecule has 2 aliphatic rings. The molecule has 1 fully saturated rings. The molecule has 1 saturated heterocycles. The van der Waals surface area contributed by atoms with E-state index in [1.54, 1.807) is 17.1 Å². The van der Waals surface area contributed by atoms with E-state index < -0.39 is 10.0 Å². The van der Waals surface area contributed by atoms with E-state index in [0.29, 0.717) is 18.0 Å². The standard InChI is InChI=1S/C14H22N4O2S/c1-17-7-9-18(10-8-17)16-21(19,20)13-5-4-12-3-2-6-15-14(12)11-13/h4-5,11,15-16H,2-3,6-10H2,1H3. The number of benzene rings is 1. The topological polar surface area (TPSA) is 64.7 Å². The van der Waals surface area contributed by atoms with E-state index in [1.807, 2.05) is 13.1 Å². The predicted molar refractivity (Wildman–Crippen MR) is 82.6 cm³/mol. The molecule has 7 heteroatoms. The van der Waals surface area contributed by atoms with E-state index >= 15 is 0 Å². The van der Waals surface area contributed by atoms with Crippen molar-refractivity contribution in [3.8, 4) is 0 Å². The van der Waals surface area contributed by atoms with E-state index in [2.05, 4.69) is 15.0 Å². The molecule has 21 heavy (non-hydrogen) atoms. The second-order valence-electron chi connectivity index (χ2n) is 5.73. The molecule has 1 aromatic rings. The minimum Gasteiger partial charge on any atom is -0.385 e. The van der Waals surface area contributed by atoms with Crippen molar-refractivity contribution < 1.29 is 8.42 Å². The Bertz CT molecular complexity index is 609. The van der Waals surface area contributed by atoms with Gasteiger partial charge < -0.3 is 10.2 Å². The van der Waals surface area contributed by atoms with Crippen molar-refractivity contribution in [1.82, 2.24) is 14.7 Å². The fourth-order valence-electron chi connectivity index (χ4n) is 2.73. The molecule has 0 atom stereocenters. The largest absolute Gasteiger partial charge is 0.385 e. The summed E-state index contributed by atoms with van der Waals surface area (Å²) >= 11 is 0. The first-order chi connectivity index (χ1) is 10.0. The Labute approximate surface area is 126 Å². The van der Waals surface area contributed by atoms with Gasteiger partial charge in [0.2, 0.25) is 0 Å². The minimum absolute atomic E-state index is 0.328. The summed E-state index contributed by atoms with van der Waals surface area (Å²) in [5.41, 5.74) is 2.14. The molecule has 0 amide bonds. The average molecular weight is 310 g/mol. The van der Waals surface area contributed by atoms with Crippen molar-refractivity contribution >= 4 is 15.7 Å². The zero-order chi connectivity index (χ0) is 14.9. The van der Waals surface area contributed by atoms with Crippen LogP contribution >= 0.6 is 0 Å². The number of fused-ring (bicyclic) bond motifs is 1. The highest BCUT2D eigenvalue weighted by atomic mass is 32.2. The summed E-state index contributed by atoms with van der Waals surface area (Å²) < 4.78 is 24.9. The maximum absolute atomic E-state index is 12.5. The SMILES string of the molecule is CN1CCN(NS(=O)(=O)c2ccc3c(c2)NCCC3)CC1. The molecule has 0 aromatic heterocycles. The van der Waals surface area contributed by atoms with Crippen LogP contribution in [0.5, 0.6) is 0 Å². The summed E-state index contributed by atoms with van der Waals surface area (Å²) in [5, 5.41) is 5.05. The first kappa shape index (κ1) is 14.8. The third-order valence-electron chi connectivity index (χ3n) is 4.08. The number of aryl methyl sites for hydroxylation is 1. The summed E-state index contributed by atoms with van der Waals surface area (Å²) in [6, 6.07) is 5.36. The van der Waals surface area contributed by atoms with Crippen LogP contribution in [0.3, 0.4) is 0 Å². The fraction of sp³-hybridized carbons (Fsp3) is 0.571. The molecule has 2 heterocycles. The summed E-state index contributed by atoms with van der Waals surface area (Å²) in [6.45, 7) is 4.06. The Hall–Kier alpha value is -1.15. The van der Waals surface area contributed by atoms with E-state index in [-0.39, 0.29) is 0 Å². The molecule has 3 rings (SSSR count). The number of nitrogens with zero attached hydrogens (tertiary/aromatic N) is 2. The molecular formula is C14H22N4O2S. The Morgan fingerprint density at radius 1 is 1.19 bits per heavy atom. The van der Waals surface area contributed by atoms with Gasteiger partial charge in [0.1, 0.15) is 0 Å². The van der Waals surface area contributed by atoms with Gasteiger partial charge in [-0.2, -0.15) is 0 Å². The molecule has 0 saturated carbocycles. The van der Waals surface area contributed by atoms with Crippen molar-refractivity contribution in [3.05, 3.63) is 23.8 Å². The number of rotatable bonds is 3. The Kier molecular flexibility index (Phi) is 4.17. The van der Waals surface area contributed by atoms with E-state index in [0.717, 1.165) is 38.2 Å². The number of nitrogens with one attached hydrogen (secondary N) is 2. The number of hydrazine groups is 1. The van der Waals surface area contributed by atoms with Crippen LogP contribution in [0.25, 0.3) is 0 Å². The molecule has 0 unspecified atom stereocenters. The quantitative estimate of drug-likeness (QED) is 0.850. The lowest BCUT2D eigenvalue weighted by atomic mass is 10.0. The second-order valence-corrected chi connectivity index (χ2v) is 7.40. The van der Waals surface area contributed by atoms with Crippen LogP contribution in [-0.4, -0.2) is 58.1 Å². The van der Waals surface area contributed by atoms with Crippen molar-refractivity contribution in [3.63, 3.8) is 0 Å². The number of piperazine rings is 1. The number of anilines is 1. The zero-order valence-corrected chi connectivity index (χ0v) is 13.1. The summed E-state index contributed by atoms with van der Waals surface area (Å²) in [4.78, 5) is 5.21. The van der Waals surface area contributed by atoms with Gasteiger partial charge in [0, 0.05) is 38.4 Å². The molecule has 0 aliphatic carbocycles. The summed E-state index contributed by atoms with van der Waals surface area (Å²) in [5.74, 6) is 0. The molecule has 6 nitrogen and oxygen atoms in total. The third kappa shape index (κ3) is 3.37. The van der Waals surface area contributed by atoms with Crippen LogP contribution in [0.1, 0.15) is 12.0 Å². The number of likely N-dealkylation sites (N-methyl/N-ethyl adjacent to an activating group) is 1. The number of hydrogen-bond donors (Lipinski definition) is 2. The van der Waals surface area contributed by atoms with Gasteiger partial charge >= 0.3 is 0 Å². The third-order valence-corrected chi connectivity index (χ3v) is 5.46. The van der Waals surface area contributed by atoms with E-state index in [1.165, 1.54) is 5.56 Å². The molecule has 2 N–H and O–H groups in total. The molecule has 0 radical (unpaired) electrons. The maximum atomic E-state index is 12.5. The van der Waals surface area contributed by atoms with E-state index in [4.69, 9.17) is 0 Å². The van der Waals surface area contributed by atoms with Crippen LogP contribution in [-0.2, 0) is 16.4 Å². The molecule has 2 aliphatic heterocycles. The smallest absolute Gasteiger partial charge is 0.253 e. The van der Waals surface area contributed by atoms with Gasteiger partial charge in [0.15, 0.2) is 0 Å². The molecular weight excluding hydrogens is 288 g/mol. The summed E-state index contributed by atoms with van der Waals surface area (Å²) in [6.07, 6.45) is 2.10. The van der Waals surface area contributed by atoms with E-state index in [9.17, 15) is 8.42 Å². The fourth-order valence-corrected chi connectivity index (χ4v) is 3.88. The normalized spacial score (nSPS) is 20.8. The van der Waals surface area contributed by atoms with Gasteiger partial charge in [-0.1, -0.05) is 6.07 Å². The van der Waals surface area contributed by atoms with Crippen molar-refractivity contribution in [1.29, 1.82) is 0 Å². The monoisotopic (exact) mass is 310 g/mol. The first-order valence-corrected chi connectivity index (χ1v) is 8.86. The second kappa shape index (κ2) is 5.92.